The average Bonchev–Trinajstić information content (AvgIpc) is 2.43. The van der Waals surface area contributed by atoms with E-state index in [1.807, 2.05) is 24.3 Å². The predicted molar refractivity (Wildman–Crippen MR) is 77.6 cm³/mol. The molecule has 0 bridgehead atoms. The molecule has 0 aliphatic heterocycles. The summed E-state index contributed by atoms with van der Waals surface area (Å²) in [5, 5.41) is 0. The first-order valence-corrected chi connectivity index (χ1v) is 7.19. The second kappa shape index (κ2) is 6.29. The third-order valence-corrected chi connectivity index (χ3v) is 4.05. The van der Waals surface area contributed by atoms with Crippen LogP contribution in [0.1, 0.15) is 28.4 Å². The average molecular weight is 325 g/mol. The number of halogens is 3. The van der Waals surface area contributed by atoms with Crippen molar-refractivity contribution in [1.82, 2.24) is 0 Å². The Balaban J connectivity index is 2.18. The maximum Gasteiger partial charge on any atom is 0.129 e. The van der Waals surface area contributed by atoms with Gasteiger partial charge in [0.1, 0.15) is 11.6 Å². The highest BCUT2D eigenvalue weighted by molar-refractivity contribution is 9.09. The molecule has 0 nitrogen and oxygen atoms in total. The fourth-order valence-electron chi connectivity index (χ4n) is 1.99. The molecule has 0 N–H and O–H groups in total. The van der Waals surface area contributed by atoms with Crippen LogP contribution in [-0.4, -0.2) is 0 Å². The summed E-state index contributed by atoms with van der Waals surface area (Å²) in [6.07, 6.45) is 1.28. The van der Waals surface area contributed by atoms with Crippen molar-refractivity contribution >= 4 is 15.9 Å². The summed E-state index contributed by atoms with van der Waals surface area (Å²) in [5.41, 5.74) is 2.41. The highest BCUT2D eigenvalue weighted by Gasteiger charge is 2.15. The minimum atomic E-state index is -0.491. The van der Waals surface area contributed by atoms with Crippen molar-refractivity contribution in [3.8, 4) is 0 Å². The monoisotopic (exact) mass is 324 g/mol. The molecule has 1 unspecified atom stereocenters. The summed E-state index contributed by atoms with van der Waals surface area (Å²) in [4.78, 5) is -0.0928. The van der Waals surface area contributed by atoms with E-state index in [1.54, 1.807) is 0 Å². The summed E-state index contributed by atoms with van der Waals surface area (Å²) in [5.74, 6) is -0.982. The van der Waals surface area contributed by atoms with Crippen molar-refractivity contribution in [2.24, 2.45) is 0 Å². The van der Waals surface area contributed by atoms with Crippen LogP contribution < -0.4 is 0 Å². The third-order valence-electron chi connectivity index (χ3n) is 3.19. The molecule has 0 saturated heterocycles. The number of aryl methyl sites for hydroxylation is 1. The van der Waals surface area contributed by atoms with Crippen LogP contribution >= 0.6 is 15.9 Å². The van der Waals surface area contributed by atoms with Gasteiger partial charge in [-0.2, -0.15) is 0 Å². The minimum Gasteiger partial charge on any atom is -0.207 e. The molecule has 0 amide bonds. The van der Waals surface area contributed by atoms with Crippen LogP contribution in [0.15, 0.2) is 42.5 Å². The molecule has 2 aromatic carbocycles. The van der Waals surface area contributed by atoms with E-state index < -0.39 is 11.6 Å². The van der Waals surface area contributed by atoms with Gasteiger partial charge in [-0.25, -0.2) is 8.78 Å². The van der Waals surface area contributed by atoms with Crippen LogP contribution in [0.2, 0.25) is 0 Å². The number of hydrogen-bond acceptors (Lipinski definition) is 0. The molecular weight excluding hydrogens is 310 g/mol. The molecule has 0 aliphatic carbocycles. The van der Waals surface area contributed by atoms with Gasteiger partial charge in [0.25, 0.3) is 0 Å². The van der Waals surface area contributed by atoms with Crippen molar-refractivity contribution in [2.45, 2.75) is 24.6 Å². The molecule has 0 heterocycles. The van der Waals surface area contributed by atoms with Crippen LogP contribution in [0.4, 0.5) is 8.78 Å². The Hall–Kier alpha value is -1.22. The van der Waals surface area contributed by atoms with Gasteiger partial charge >= 0.3 is 0 Å². The van der Waals surface area contributed by atoms with Gasteiger partial charge in [-0.3, -0.25) is 0 Å². The number of hydrogen-bond donors (Lipinski definition) is 0. The van der Waals surface area contributed by atoms with Crippen LogP contribution in [-0.2, 0) is 12.8 Å². The van der Waals surface area contributed by atoms with Gasteiger partial charge in [0.15, 0.2) is 0 Å². The Morgan fingerprint density at radius 3 is 2.11 bits per heavy atom. The van der Waals surface area contributed by atoms with E-state index in [-0.39, 0.29) is 10.4 Å². The molecule has 1 atom stereocenters. The lowest BCUT2D eigenvalue weighted by atomic mass is 10.0. The standard InChI is InChI=1S/C16H15BrF2/c1-2-11-6-8-12(9-7-11)14(17)10-13-15(18)4-3-5-16(13)19/h3-9,14H,2,10H2,1H3. The van der Waals surface area contributed by atoms with Crippen molar-refractivity contribution in [2.75, 3.05) is 0 Å². The normalized spacial score (nSPS) is 12.4. The second-order valence-electron chi connectivity index (χ2n) is 4.47. The van der Waals surface area contributed by atoms with Crippen LogP contribution in [0, 0.1) is 11.6 Å². The van der Waals surface area contributed by atoms with Crippen LogP contribution in [0.25, 0.3) is 0 Å². The fourth-order valence-corrected chi connectivity index (χ4v) is 2.62. The first kappa shape index (κ1) is 14.2. The highest BCUT2D eigenvalue weighted by atomic mass is 79.9. The smallest absolute Gasteiger partial charge is 0.129 e. The Bertz CT molecular complexity index is 529. The van der Waals surface area contributed by atoms with Gasteiger partial charge in [0.2, 0.25) is 0 Å². The van der Waals surface area contributed by atoms with Crippen molar-refractivity contribution in [1.29, 1.82) is 0 Å². The zero-order valence-corrected chi connectivity index (χ0v) is 12.3. The molecule has 19 heavy (non-hydrogen) atoms. The van der Waals surface area contributed by atoms with E-state index in [2.05, 4.69) is 22.9 Å². The third kappa shape index (κ3) is 3.41. The number of benzene rings is 2. The van der Waals surface area contributed by atoms with E-state index in [0.717, 1.165) is 12.0 Å². The lowest BCUT2D eigenvalue weighted by Crippen LogP contribution is -2.01. The summed E-state index contributed by atoms with van der Waals surface area (Å²) in [7, 11) is 0. The topological polar surface area (TPSA) is 0 Å². The van der Waals surface area contributed by atoms with Crippen LogP contribution in [0.5, 0.6) is 0 Å². The van der Waals surface area contributed by atoms with Crippen LogP contribution in [0.3, 0.4) is 0 Å². The molecule has 3 heteroatoms. The largest absolute Gasteiger partial charge is 0.207 e. The Labute approximate surface area is 120 Å². The molecule has 0 spiro atoms. The Morgan fingerprint density at radius 2 is 1.58 bits per heavy atom. The molecule has 0 aromatic heterocycles. The van der Waals surface area contributed by atoms with Gasteiger partial charge in [-0.05, 0) is 36.1 Å². The maximum atomic E-state index is 13.6. The quantitative estimate of drug-likeness (QED) is 0.677. The fraction of sp³-hybridized carbons (Fsp3) is 0.250. The van der Waals surface area contributed by atoms with E-state index in [1.165, 1.54) is 23.8 Å². The molecular formula is C16H15BrF2. The molecule has 0 aliphatic rings. The van der Waals surface area contributed by atoms with Gasteiger partial charge in [-0.15, -0.1) is 0 Å². The zero-order chi connectivity index (χ0) is 13.8. The highest BCUT2D eigenvalue weighted by Crippen LogP contribution is 2.29. The van der Waals surface area contributed by atoms with E-state index in [0.29, 0.717) is 6.42 Å². The van der Waals surface area contributed by atoms with Crippen molar-refractivity contribution in [3.63, 3.8) is 0 Å². The summed E-state index contributed by atoms with van der Waals surface area (Å²) in [6, 6.07) is 12.0. The molecule has 100 valence electrons. The SMILES string of the molecule is CCc1ccc(C(Br)Cc2c(F)cccc2F)cc1. The van der Waals surface area contributed by atoms with Crippen molar-refractivity contribution in [3.05, 3.63) is 70.8 Å². The molecule has 0 saturated carbocycles. The van der Waals surface area contributed by atoms with Gasteiger partial charge in [0, 0.05) is 10.4 Å². The maximum absolute atomic E-state index is 13.6. The number of rotatable bonds is 4. The van der Waals surface area contributed by atoms with E-state index >= 15 is 0 Å². The lowest BCUT2D eigenvalue weighted by Gasteiger charge is -2.12. The number of alkyl halides is 1. The molecule has 2 rings (SSSR count). The molecule has 2 aromatic rings. The first-order chi connectivity index (χ1) is 9.11. The summed E-state index contributed by atoms with van der Waals surface area (Å²) >= 11 is 3.50. The summed E-state index contributed by atoms with van der Waals surface area (Å²) < 4.78 is 27.2. The van der Waals surface area contributed by atoms with E-state index in [9.17, 15) is 8.78 Å². The minimum absolute atomic E-state index is 0.0928. The van der Waals surface area contributed by atoms with Gasteiger partial charge < -0.3 is 0 Å². The predicted octanol–water partition coefficient (Wildman–Crippen LogP) is 5.21. The lowest BCUT2D eigenvalue weighted by molar-refractivity contribution is 0.554. The van der Waals surface area contributed by atoms with Gasteiger partial charge in [-0.1, -0.05) is 53.2 Å². The Morgan fingerprint density at radius 1 is 1.00 bits per heavy atom. The summed E-state index contributed by atoms with van der Waals surface area (Å²) in [6.45, 7) is 2.09. The first-order valence-electron chi connectivity index (χ1n) is 6.27. The second-order valence-corrected chi connectivity index (χ2v) is 5.57. The zero-order valence-electron chi connectivity index (χ0n) is 10.7. The van der Waals surface area contributed by atoms with E-state index in [4.69, 9.17) is 0 Å². The Kier molecular flexibility index (Phi) is 4.70. The van der Waals surface area contributed by atoms with Crippen molar-refractivity contribution < 1.29 is 8.78 Å². The molecule has 0 fully saturated rings. The molecule has 0 radical (unpaired) electrons. The van der Waals surface area contributed by atoms with Gasteiger partial charge in [0.05, 0.1) is 0 Å².